The maximum Gasteiger partial charge on any atom is 0.259 e. The van der Waals surface area contributed by atoms with Crippen LogP contribution in [-0.4, -0.2) is 32.3 Å². The van der Waals surface area contributed by atoms with E-state index in [1.807, 2.05) is 43.3 Å². The fourth-order valence-corrected chi connectivity index (χ4v) is 2.35. The number of nitrogens with one attached hydrogen (secondary N) is 1. The van der Waals surface area contributed by atoms with Gasteiger partial charge in [-0.1, -0.05) is 37.6 Å². The van der Waals surface area contributed by atoms with E-state index in [-0.39, 0.29) is 5.91 Å². The Hall–Kier alpha value is -2.53. The quantitative estimate of drug-likeness (QED) is 0.600. The molecular formula is C21H27NO4. The van der Waals surface area contributed by atoms with Crippen LogP contribution >= 0.6 is 0 Å². The van der Waals surface area contributed by atoms with Gasteiger partial charge in [0.2, 0.25) is 0 Å². The van der Waals surface area contributed by atoms with Gasteiger partial charge in [-0.2, -0.15) is 0 Å². The molecular weight excluding hydrogens is 330 g/mol. The number of hydrogen-bond donors (Lipinski definition) is 1. The minimum Gasteiger partial charge on any atom is -0.491 e. The zero-order chi connectivity index (χ0) is 18.6. The molecule has 1 amide bonds. The first-order valence-electron chi connectivity index (χ1n) is 9.09. The molecule has 2 aromatic rings. The summed E-state index contributed by atoms with van der Waals surface area (Å²) in [5.41, 5.74) is 1.13. The van der Waals surface area contributed by atoms with Crippen molar-refractivity contribution < 1.29 is 19.0 Å². The van der Waals surface area contributed by atoms with Crippen LogP contribution in [0.2, 0.25) is 0 Å². The molecule has 0 aromatic heterocycles. The van der Waals surface area contributed by atoms with Gasteiger partial charge < -0.3 is 19.5 Å². The minimum atomic E-state index is -0.233. The summed E-state index contributed by atoms with van der Waals surface area (Å²) in [7, 11) is 0. The van der Waals surface area contributed by atoms with E-state index < -0.39 is 0 Å². The van der Waals surface area contributed by atoms with Crippen LogP contribution in [0, 0.1) is 0 Å². The van der Waals surface area contributed by atoms with Gasteiger partial charge in [-0.3, -0.25) is 4.79 Å². The molecule has 5 nitrogen and oxygen atoms in total. The average molecular weight is 357 g/mol. The van der Waals surface area contributed by atoms with Crippen molar-refractivity contribution in [2.45, 2.75) is 26.7 Å². The van der Waals surface area contributed by atoms with Crippen LogP contribution in [0.15, 0.2) is 48.5 Å². The summed E-state index contributed by atoms with van der Waals surface area (Å²) in [6.07, 6.45) is 2.03. The lowest BCUT2D eigenvalue weighted by Crippen LogP contribution is -2.15. The number of ether oxygens (including phenoxy) is 3. The molecule has 0 fully saturated rings. The summed E-state index contributed by atoms with van der Waals surface area (Å²) in [6.45, 7) is 6.19. The van der Waals surface area contributed by atoms with Crippen molar-refractivity contribution in [1.29, 1.82) is 0 Å². The molecule has 0 aliphatic rings. The van der Waals surface area contributed by atoms with Crippen molar-refractivity contribution >= 4 is 11.6 Å². The van der Waals surface area contributed by atoms with E-state index in [4.69, 9.17) is 14.2 Å². The van der Waals surface area contributed by atoms with Gasteiger partial charge in [-0.05, 0) is 37.6 Å². The second kappa shape index (κ2) is 11.2. The van der Waals surface area contributed by atoms with Crippen LogP contribution in [0.1, 0.15) is 37.0 Å². The normalized spacial score (nSPS) is 10.4. The molecule has 0 spiro atoms. The summed E-state index contributed by atoms with van der Waals surface area (Å²) in [6, 6.07) is 14.6. The molecule has 0 saturated carbocycles. The van der Waals surface area contributed by atoms with Gasteiger partial charge in [0.15, 0.2) is 0 Å². The van der Waals surface area contributed by atoms with Crippen molar-refractivity contribution in [3.8, 4) is 11.5 Å². The predicted octanol–water partition coefficient (Wildman–Crippen LogP) is 4.53. The molecule has 0 radical (unpaired) electrons. The van der Waals surface area contributed by atoms with Gasteiger partial charge in [0, 0.05) is 6.61 Å². The largest absolute Gasteiger partial charge is 0.491 e. The van der Waals surface area contributed by atoms with Crippen LogP contribution in [-0.2, 0) is 4.74 Å². The van der Waals surface area contributed by atoms with Crippen LogP contribution in [0.25, 0.3) is 0 Å². The smallest absolute Gasteiger partial charge is 0.259 e. The Bertz CT molecular complexity index is 687. The second-order valence-corrected chi connectivity index (χ2v) is 5.69. The Balaban J connectivity index is 2.06. The summed E-state index contributed by atoms with van der Waals surface area (Å²) >= 11 is 0. The first-order chi connectivity index (χ1) is 12.8. The highest BCUT2D eigenvalue weighted by Gasteiger charge is 2.14. The highest BCUT2D eigenvalue weighted by Crippen LogP contribution is 2.26. The number of carbonyl (C=O) groups excluding carboxylic acids is 1. The lowest BCUT2D eigenvalue weighted by atomic mass is 10.1. The standard InChI is InChI=1S/C21H27NO4/c1-3-5-14-25-20-13-9-7-11-18(20)22-21(23)17-10-6-8-12-19(17)26-16-15-24-4-2/h6-13H,3-5,14-16H2,1-2H3,(H,22,23). The average Bonchev–Trinajstić information content (AvgIpc) is 2.67. The van der Waals surface area contributed by atoms with Crippen LogP contribution < -0.4 is 14.8 Å². The first kappa shape index (κ1) is 19.8. The first-order valence-corrected chi connectivity index (χ1v) is 9.09. The SMILES string of the molecule is CCCCOc1ccccc1NC(=O)c1ccccc1OCCOCC. The predicted molar refractivity (Wildman–Crippen MR) is 103 cm³/mol. The Morgan fingerprint density at radius 3 is 2.35 bits per heavy atom. The molecule has 0 saturated heterocycles. The highest BCUT2D eigenvalue weighted by molar-refractivity contribution is 6.06. The van der Waals surface area contributed by atoms with Crippen LogP contribution in [0.3, 0.4) is 0 Å². The van der Waals surface area contributed by atoms with E-state index in [0.717, 1.165) is 12.8 Å². The molecule has 0 atom stereocenters. The molecule has 2 rings (SSSR count). The van der Waals surface area contributed by atoms with E-state index in [1.165, 1.54) is 0 Å². The zero-order valence-corrected chi connectivity index (χ0v) is 15.5. The second-order valence-electron chi connectivity index (χ2n) is 5.69. The third-order valence-corrected chi connectivity index (χ3v) is 3.71. The van der Waals surface area contributed by atoms with Crippen LogP contribution in [0.5, 0.6) is 11.5 Å². The van der Waals surface area contributed by atoms with E-state index in [0.29, 0.717) is 49.2 Å². The molecule has 26 heavy (non-hydrogen) atoms. The number of rotatable bonds is 11. The molecule has 5 heteroatoms. The number of hydrogen-bond acceptors (Lipinski definition) is 4. The van der Waals surface area contributed by atoms with E-state index >= 15 is 0 Å². The number of unbranched alkanes of at least 4 members (excludes halogenated alkanes) is 1. The lowest BCUT2D eigenvalue weighted by molar-refractivity contribution is 0.0997. The molecule has 1 N–H and O–H groups in total. The summed E-state index contributed by atoms with van der Waals surface area (Å²) in [5.74, 6) is 0.974. The third-order valence-electron chi connectivity index (χ3n) is 3.71. The van der Waals surface area contributed by atoms with Gasteiger partial charge >= 0.3 is 0 Å². The number of carbonyl (C=O) groups is 1. The molecule has 0 heterocycles. The van der Waals surface area contributed by atoms with Crippen LogP contribution in [0.4, 0.5) is 5.69 Å². The van der Waals surface area contributed by atoms with Crippen molar-refractivity contribution in [2.24, 2.45) is 0 Å². The fraction of sp³-hybridized carbons (Fsp3) is 0.381. The molecule has 0 bridgehead atoms. The van der Waals surface area contributed by atoms with Gasteiger partial charge in [0.25, 0.3) is 5.91 Å². The summed E-state index contributed by atoms with van der Waals surface area (Å²) in [4.78, 5) is 12.7. The van der Waals surface area contributed by atoms with Crippen molar-refractivity contribution in [3.05, 3.63) is 54.1 Å². The van der Waals surface area contributed by atoms with E-state index in [1.54, 1.807) is 12.1 Å². The Kier molecular flexibility index (Phi) is 8.49. The Morgan fingerprint density at radius 1 is 0.885 bits per heavy atom. The van der Waals surface area contributed by atoms with Crippen molar-refractivity contribution in [1.82, 2.24) is 0 Å². The Labute approximate surface area is 155 Å². The van der Waals surface area contributed by atoms with E-state index in [2.05, 4.69) is 12.2 Å². The molecule has 140 valence electrons. The molecule has 0 aliphatic heterocycles. The molecule has 2 aromatic carbocycles. The Morgan fingerprint density at radius 2 is 1.58 bits per heavy atom. The maximum absolute atomic E-state index is 12.7. The highest BCUT2D eigenvalue weighted by atomic mass is 16.5. The van der Waals surface area contributed by atoms with Gasteiger partial charge in [-0.15, -0.1) is 0 Å². The number of para-hydroxylation sites is 3. The third kappa shape index (κ3) is 6.08. The summed E-state index contributed by atoms with van der Waals surface area (Å²) < 4.78 is 16.7. The number of benzene rings is 2. The number of anilines is 1. The van der Waals surface area contributed by atoms with Crippen molar-refractivity contribution in [3.63, 3.8) is 0 Å². The van der Waals surface area contributed by atoms with E-state index in [9.17, 15) is 4.79 Å². The number of amides is 1. The van der Waals surface area contributed by atoms with Gasteiger partial charge in [0.05, 0.1) is 24.5 Å². The lowest BCUT2D eigenvalue weighted by Gasteiger charge is -2.14. The van der Waals surface area contributed by atoms with Gasteiger partial charge in [-0.25, -0.2) is 0 Å². The summed E-state index contributed by atoms with van der Waals surface area (Å²) in [5, 5.41) is 2.92. The topological polar surface area (TPSA) is 56.8 Å². The monoisotopic (exact) mass is 357 g/mol. The molecule has 0 aliphatic carbocycles. The fourth-order valence-electron chi connectivity index (χ4n) is 2.35. The molecule has 0 unspecified atom stereocenters. The maximum atomic E-state index is 12.7. The van der Waals surface area contributed by atoms with Crippen molar-refractivity contribution in [2.75, 3.05) is 31.7 Å². The van der Waals surface area contributed by atoms with Gasteiger partial charge in [0.1, 0.15) is 18.1 Å². The zero-order valence-electron chi connectivity index (χ0n) is 15.5. The minimum absolute atomic E-state index is 0.233.